The summed E-state index contributed by atoms with van der Waals surface area (Å²) in [6.07, 6.45) is -10.8. The number of benzene rings is 2. The van der Waals surface area contributed by atoms with Gasteiger partial charge in [-0.2, -0.15) is 26.3 Å². The van der Waals surface area contributed by atoms with Crippen molar-refractivity contribution in [3.8, 4) is 11.5 Å². The molecule has 2 aromatic rings. The lowest BCUT2D eigenvalue weighted by molar-refractivity contribution is -0.162. The van der Waals surface area contributed by atoms with Crippen molar-refractivity contribution in [3.05, 3.63) is 58.7 Å². The molecule has 5 nitrogen and oxygen atoms in total. The Morgan fingerprint density at radius 2 is 1.33 bits per heavy atom. The molecule has 0 aromatic heterocycles. The molecule has 0 spiro atoms. The number of rotatable bonds is 4. The van der Waals surface area contributed by atoms with Crippen LogP contribution < -0.4 is 4.74 Å². The smallest absolute Gasteiger partial charge is 0.420 e. The first-order chi connectivity index (χ1) is 12.3. The highest BCUT2D eigenvalue weighted by Gasteiger charge is 2.45. The Labute approximate surface area is 146 Å². The third kappa shape index (κ3) is 4.13. The van der Waals surface area contributed by atoms with Gasteiger partial charge in [-0.05, 0) is 24.3 Å². The zero-order valence-electron chi connectivity index (χ0n) is 12.9. The van der Waals surface area contributed by atoms with Crippen LogP contribution in [0.4, 0.5) is 26.3 Å². The SMILES string of the molecule is O=C(O)c1cccc(Oc2cccc(C(F)(F)F)c2C(F)(F)F)c1C(=O)O. The zero-order chi connectivity index (χ0) is 20.6. The number of carboxylic acid groups (broad SMARTS) is 2. The summed E-state index contributed by atoms with van der Waals surface area (Å²) in [4.78, 5) is 22.4. The van der Waals surface area contributed by atoms with E-state index in [9.17, 15) is 35.9 Å². The van der Waals surface area contributed by atoms with Gasteiger partial charge >= 0.3 is 24.3 Å². The Morgan fingerprint density at radius 1 is 0.778 bits per heavy atom. The quantitative estimate of drug-likeness (QED) is 0.720. The van der Waals surface area contributed by atoms with E-state index < -0.39 is 58.0 Å². The van der Waals surface area contributed by atoms with Gasteiger partial charge in [-0.25, -0.2) is 9.59 Å². The molecule has 144 valence electrons. The van der Waals surface area contributed by atoms with Crippen molar-refractivity contribution >= 4 is 11.9 Å². The van der Waals surface area contributed by atoms with Gasteiger partial charge in [-0.3, -0.25) is 0 Å². The normalized spacial score (nSPS) is 11.9. The standard InChI is InChI=1S/C16H8F6O5/c17-15(18,19)8-4-2-6-10(12(8)16(20,21)22)27-9-5-1-3-7(13(23)24)11(9)14(25)26/h1-6H,(H,23,24)(H,25,26). The first kappa shape index (κ1) is 20.1. The fourth-order valence-corrected chi connectivity index (χ4v) is 2.28. The minimum absolute atomic E-state index is 0.196. The second-order valence-electron chi connectivity index (χ2n) is 5.07. The summed E-state index contributed by atoms with van der Waals surface area (Å²) in [5, 5.41) is 18.1. The number of alkyl halides is 6. The van der Waals surface area contributed by atoms with Gasteiger partial charge in [0.15, 0.2) is 0 Å². The molecule has 0 saturated carbocycles. The number of carbonyl (C=O) groups is 2. The molecule has 0 heterocycles. The van der Waals surface area contributed by atoms with Gasteiger partial charge in [0.25, 0.3) is 0 Å². The summed E-state index contributed by atoms with van der Waals surface area (Å²) < 4.78 is 83.3. The van der Waals surface area contributed by atoms with Crippen molar-refractivity contribution in [2.75, 3.05) is 0 Å². The van der Waals surface area contributed by atoms with E-state index in [0.29, 0.717) is 12.1 Å². The third-order valence-electron chi connectivity index (χ3n) is 3.31. The van der Waals surface area contributed by atoms with E-state index in [0.717, 1.165) is 18.2 Å². The Kier molecular flexibility index (Phi) is 5.07. The minimum atomic E-state index is -5.48. The van der Waals surface area contributed by atoms with Crippen LogP contribution in [0.1, 0.15) is 31.8 Å². The number of ether oxygens (including phenoxy) is 1. The molecule has 0 unspecified atom stereocenters. The van der Waals surface area contributed by atoms with Crippen molar-refractivity contribution in [1.29, 1.82) is 0 Å². The molecule has 0 aliphatic rings. The second kappa shape index (κ2) is 6.82. The molecule has 0 aliphatic heterocycles. The molecule has 2 N–H and O–H groups in total. The molecule has 11 heteroatoms. The molecule has 0 radical (unpaired) electrons. The fraction of sp³-hybridized carbons (Fsp3) is 0.125. The van der Waals surface area contributed by atoms with Crippen molar-refractivity contribution in [2.24, 2.45) is 0 Å². The monoisotopic (exact) mass is 394 g/mol. The molecule has 2 aromatic carbocycles. The van der Waals surface area contributed by atoms with E-state index in [2.05, 4.69) is 0 Å². The molecule has 0 aliphatic carbocycles. The van der Waals surface area contributed by atoms with E-state index in [-0.39, 0.29) is 6.07 Å². The Bertz CT molecular complexity index is 901. The second-order valence-corrected chi connectivity index (χ2v) is 5.07. The van der Waals surface area contributed by atoms with Gasteiger partial charge in [-0.1, -0.05) is 12.1 Å². The van der Waals surface area contributed by atoms with Crippen molar-refractivity contribution in [1.82, 2.24) is 0 Å². The topological polar surface area (TPSA) is 83.8 Å². The molecule has 0 saturated heterocycles. The van der Waals surface area contributed by atoms with Gasteiger partial charge in [0.1, 0.15) is 22.6 Å². The van der Waals surface area contributed by atoms with Crippen molar-refractivity contribution < 1.29 is 50.9 Å². The highest BCUT2D eigenvalue weighted by Crippen LogP contribution is 2.46. The highest BCUT2D eigenvalue weighted by atomic mass is 19.4. The predicted octanol–water partition coefficient (Wildman–Crippen LogP) is 4.91. The van der Waals surface area contributed by atoms with Gasteiger partial charge < -0.3 is 14.9 Å². The van der Waals surface area contributed by atoms with E-state index >= 15 is 0 Å². The Morgan fingerprint density at radius 3 is 1.81 bits per heavy atom. The number of hydrogen-bond donors (Lipinski definition) is 2. The highest BCUT2D eigenvalue weighted by molar-refractivity contribution is 6.03. The zero-order valence-corrected chi connectivity index (χ0v) is 12.9. The van der Waals surface area contributed by atoms with Crippen molar-refractivity contribution in [2.45, 2.75) is 12.4 Å². The summed E-state index contributed by atoms with van der Waals surface area (Å²) in [5.41, 5.74) is -6.00. The molecule has 2 rings (SSSR count). The van der Waals surface area contributed by atoms with Crippen LogP contribution in [0.15, 0.2) is 36.4 Å². The lowest BCUT2D eigenvalue weighted by Crippen LogP contribution is -2.18. The largest absolute Gasteiger partial charge is 0.478 e. The maximum Gasteiger partial charge on any atom is 0.420 e. The van der Waals surface area contributed by atoms with Crippen LogP contribution in [0.3, 0.4) is 0 Å². The van der Waals surface area contributed by atoms with Crippen LogP contribution in [-0.4, -0.2) is 22.2 Å². The van der Waals surface area contributed by atoms with E-state index in [4.69, 9.17) is 14.9 Å². The van der Waals surface area contributed by atoms with Crippen LogP contribution in [0.25, 0.3) is 0 Å². The van der Waals surface area contributed by atoms with Crippen LogP contribution in [0, 0.1) is 0 Å². The third-order valence-corrected chi connectivity index (χ3v) is 3.31. The molecule has 0 bridgehead atoms. The summed E-state index contributed by atoms with van der Waals surface area (Å²) >= 11 is 0. The lowest BCUT2D eigenvalue weighted by atomic mass is 10.0. The minimum Gasteiger partial charge on any atom is -0.478 e. The van der Waals surface area contributed by atoms with E-state index in [1.165, 1.54) is 0 Å². The van der Waals surface area contributed by atoms with Crippen LogP contribution in [0.5, 0.6) is 11.5 Å². The average molecular weight is 394 g/mol. The van der Waals surface area contributed by atoms with Crippen LogP contribution in [-0.2, 0) is 12.4 Å². The number of aromatic carboxylic acids is 2. The number of hydrogen-bond acceptors (Lipinski definition) is 3. The molecule has 0 atom stereocenters. The summed E-state index contributed by atoms with van der Waals surface area (Å²) in [6, 6.07) is 4.07. The Balaban J connectivity index is 2.71. The maximum absolute atomic E-state index is 13.2. The van der Waals surface area contributed by atoms with E-state index in [1.54, 1.807) is 0 Å². The molecule has 0 amide bonds. The lowest BCUT2D eigenvalue weighted by Gasteiger charge is -2.20. The molecular weight excluding hydrogens is 386 g/mol. The predicted molar refractivity (Wildman–Crippen MR) is 76.9 cm³/mol. The Hall–Kier alpha value is -3.24. The van der Waals surface area contributed by atoms with E-state index in [1.807, 2.05) is 0 Å². The molecule has 27 heavy (non-hydrogen) atoms. The number of carboxylic acids is 2. The molecular formula is C16H8F6O5. The van der Waals surface area contributed by atoms with Gasteiger partial charge in [0.2, 0.25) is 0 Å². The van der Waals surface area contributed by atoms with Crippen LogP contribution in [0.2, 0.25) is 0 Å². The summed E-state index contributed by atoms with van der Waals surface area (Å²) in [5.74, 6) is -5.73. The average Bonchev–Trinajstić information content (AvgIpc) is 2.52. The summed E-state index contributed by atoms with van der Waals surface area (Å²) in [6.45, 7) is 0. The molecule has 0 fully saturated rings. The van der Waals surface area contributed by atoms with Gasteiger partial charge in [0, 0.05) is 0 Å². The fourth-order valence-electron chi connectivity index (χ4n) is 2.28. The van der Waals surface area contributed by atoms with Crippen molar-refractivity contribution in [3.63, 3.8) is 0 Å². The maximum atomic E-state index is 13.2. The van der Waals surface area contributed by atoms with Gasteiger partial charge in [-0.15, -0.1) is 0 Å². The summed E-state index contributed by atoms with van der Waals surface area (Å²) in [7, 11) is 0. The number of halogens is 6. The first-order valence-corrected chi connectivity index (χ1v) is 6.89. The van der Waals surface area contributed by atoms with Gasteiger partial charge in [0.05, 0.1) is 11.1 Å². The van der Waals surface area contributed by atoms with Crippen LogP contribution >= 0.6 is 0 Å². The first-order valence-electron chi connectivity index (χ1n) is 6.89.